The van der Waals surface area contributed by atoms with Crippen molar-refractivity contribution in [3.05, 3.63) is 0 Å². The number of nitrogens with one attached hydrogen (secondary N) is 1. The molecule has 0 aromatic rings. The van der Waals surface area contributed by atoms with Gasteiger partial charge in [0, 0.05) is 19.6 Å². The van der Waals surface area contributed by atoms with Gasteiger partial charge in [-0.3, -0.25) is 4.79 Å². The third kappa shape index (κ3) is 4.24. The lowest BCUT2D eigenvalue weighted by Crippen LogP contribution is -2.46. The molecule has 1 rings (SSSR count). The van der Waals surface area contributed by atoms with Gasteiger partial charge in [0.1, 0.15) is 0 Å². The van der Waals surface area contributed by atoms with E-state index in [1.165, 1.54) is 11.3 Å². The van der Waals surface area contributed by atoms with Crippen LogP contribution < -0.4 is 5.32 Å². The monoisotopic (exact) mass is 242 g/mol. The summed E-state index contributed by atoms with van der Waals surface area (Å²) in [6, 6.07) is -0.151. The quantitative estimate of drug-likeness (QED) is 0.744. The summed E-state index contributed by atoms with van der Waals surface area (Å²) < 4.78 is 0. The van der Waals surface area contributed by atoms with E-state index in [1.807, 2.05) is 6.92 Å². The van der Waals surface area contributed by atoms with Crippen LogP contribution in [0, 0.1) is 5.41 Å². The van der Waals surface area contributed by atoms with E-state index in [-0.39, 0.29) is 24.4 Å². The van der Waals surface area contributed by atoms with Gasteiger partial charge in [-0.15, -0.1) is 0 Å². The molecule has 1 aliphatic carbocycles. The first-order valence-corrected chi connectivity index (χ1v) is 6.21. The van der Waals surface area contributed by atoms with Crippen molar-refractivity contribution in [2.45, 2.75) is 39.5 Å². The highest BCUT2D eigenvalue weighted by molar-refractivity contribution is 5.75. The molecule has 0 aromatic heterocycles. The Morgan fingerprint density at radius 3 is 2.47 bits per heavy atom. The van der Waals surface area contributed by atoms with Crippen LogP contribution in [-0.2, 0) is 4.79 Å². The second kappa shape index (κ2) is 5.89. The average Bonchev–Trinajstić information content (AvgIpc) is 2.24. The van der Waals surface area contributed by atoms with Crippen molar-refractivity contribution in [1.82, 2.24) is 10.2 Å². The molecule has 0 aromatic carbocycles. The normalized spacial score (nSPS) is 17.1. The standard InChI is InChI=1S/C12H22N2O3/c1-3-14(8-5-10(15)16)11(17)13-9-12(2)6-4-7-12/h3-9H2,1-2H3,(H,13,17)(H,15,16). The maximum Gasteiger partial charge on any atom is 0.317 e. The summed E-state index contributed by atoms with van der Waals surface area (Å²) >= 11 is 0. The number of carboxylic acids is 1. The molecule has 0 atom stereocenters. The zero-order chi connectivity index (χ0) is 12.9. The topological polar surface area (TPSA) is 69.6 Å². The molecule has 5 nitrogen and oxygen atoms in total. The van der Waals surface area contributed by atoms with Crippen LogP contribution in [0.3, 0.4) is 0 Å². The molecular weight excluding hydrogens is 220 g/mol. The van der Waals surface area contributed by atoms with E-state index in [0.29, 0.717) is 13.1 Å². The van der Waals surface area contributed by atoms with Gasteiger partial charge in [-0.2, -0.15) is 0 Å². The molecule has 2 amide bonds. The largest absolute Gasteiger partial charge is 0.481 e. The Labute approximate surface area is 102 Å². The highest BCUT2D eigenvalue weighted by atomic mass is 16.4. The van der Waals surface area contributed by atoms with Crippen LogP contribution in [0.1, 0.15) is 39.5 Å². The summed E-state index contributed by atoms with van der Waals surface area (Å²) in [6.45, 7) is 5.52. The van der Waals surface area contributed by atoms with E-state index in [4.69, 9.17) is 5.11 Å². The van der Waals surface area contributed by atoms with Crippen LogP contribution >= 0.6 is 0 Å². The van der Waals surface area contributed by atoms with Gasteiger partial charge in [0.2, 0.25) is 0 Å². The minimum absolute atomic E-state index is 0.00146. The summed E-state index contributed by atoms with van der Waals surface area (Å²) in [4.78, 5) is 23.8. The smallest absolute Gasteiger partial charge is 0.317 e. The highest BCUT2D eigenvalue weighted by Crippen LogP contribution is 2.39. The maximum atomic E-state index is 11.8. The van der Waals surface area contributed by atoms with Crippen molar-refractivity contribution < 1.29 is 14.7 Å². The van der Waals surface area contributed by atoms with Gasteiger partial charge in [-0.05, 0) is 25.2 Å². The molecule has 2 N–H and O–H groups in total. The van der Waals surface area contributed by atoms with Crippen molar-refractivity contribution in [3.63, 3.8) is 0 Å². The van der Waals surface area contributed by atoms with Gasteiger partial charge in [0.05, 0.1) is 6.42 Å². The Hall–Kier alpha value is -1.26. The molecule has 1 saturated carbocycles. The van der Waals surface area contributed by atoms with Crippen LogP contribution in [0.2, 0.25) is 0 Å². The number of carbonyl (C=O) groups is 2. The Morgan fingerprint density at radius 1 is 1.41 bits per heavy atom. The van der Waals surface area contributed by atoms with E-state index in [2.05, 4.69) is 12.2 Å². The SMILES string of the molecule is CCN(CCC(=O)O)C(=O)NCC1(C)CCC1. The Balaban J connectivity index is 2.30. The molecule has 5 heteroatoms. The molecule has 1 fully saturated rings. The predicted octanol–water partition coefficient (Wildman–Crippen LogP) is 1.68. The predicted molar refractivity (Wildman–Crippen MR) is 64.9 cm³/mol. The summed E-state index contributed by atoms with van der Waals surface area (Å²) in [7, 11) is 0. The van der Waals surface area contributed by atoms with Crippen molar-refractivity contribution in [2.75, 3.05) is 19.6 Å². The highest BCUT2D eigenvalue weighted by Gasteiger charge is 2.32. The van der Waals surface area contributed by atoms with E-state index >= 15 is 0 Å². The molecule has 17 heavy (non-hydrogen) atoms. The van der Waals surface area contributed by atoms with E-state index in [0.717, 1.165) is 12.8 Å². The lowest BCUT2D eigenvalue weighted by molar-refractivity contribution is -0.137. The van der Waals surface area contributed by atoms with E-state index in [1.54, 1.807) is 0 Å². The average molecular weight is 242 g/mol. The van der Waals surface area contributed by atoms with Crippen molar-refractivity contribution in [1.29, 1.82) is 0 Å². The minimum atomic E-state index is -0.873. The number of hydrogen-bond donors (Lipinski definition) is 2. The van der Waals surface area contributed by atoms with E-state index in [9.17, 15) is 9.59 Å². The summed E-state index contributed by atoms with van der Waals surface area (Å²) in [5.41, 5.74) is 0.252. The second-order valence-electron chi connectivity index (χ2n) is 5.05. The molecule has 0 saturated heterocycles. The van der Waals surface area contributed by atoms with E-state index < -0.39 is 5.97 Å². The third-order valence-corrected chi connectivity index (χ3v) is 3.49. The van der Waals surface area contributed by atoms with Crippen LogP contribution in [0.4, 0.5) is 4.79 Å². The number of hydrogen-bond acceptors (Lipinski definition) is 2. The molecule has 0 aliphatic heterocycles. The first-order chi connectivity index (χ1) is 7.97. The summed E-state index contributed by atoms with van der Waals surface area (Å²) in [5.74, 6) is -0.873. The number of urea groups is 1. The Kier molecular flexibility index (Phi) is 4.78. The summed E-state index contributed by atoms with van der Waals surface area (Å²) in [6.07, 6.45) is 3.56. The Bertz CT molecular complexity index is 287. The number of aliphatic carboxylic acids is 1. The van der Waals surface area contributed by atoms with Crippen molar-refractivity contribution >= 4 is 12.0 Å². The first kappa shape index (κ1) is 13.8. The molecule has 0 heterocycles. The molecule has 0 unspecified atom stereocenters. The van der Waals surface area contributed by atoms with Gasteiger partial charge >= 0.3 is 12.0 Å². The van der Waals surface area contributed by atoms with Crippen molar-refractivity contribution in [3.8, 4) is 0 Å². The lowest BCUT2D eigenvalue weighted by Gasteiger charge is -2.38. The maximum absolute atomic E-state index is 11.8. The van der Waals surface area contributed by atoms with Gasteiger partial charge in [0.15, 0.2) is 0 Å². The van der Waals surface area contributed by atoms with Gasteiger partial charge in [-0.1, -0.05) is 13.3 Å². The fraction of sp³-hybridized carbons (Fsp3) is 0.833. The van der Waals surface area contributed by atoms with Crippen LogP contribution in [-0.4, -0.2) is 41.6 Å². The van der Waals surface area contributed by atoms with Crippen LogP contribution in [0.25, 0.3) is 0 Å². The van der Waals surface area contributed by atoms with Crippen LogP contribution in [0.5, 0.6) is 0 Å². The van der Waals surface area contributed by atoms with Crippen LogP contribution in [0.15, 0.2) is 0 Å². The van der Waals surface area contributed by atoms with Gasteiger partial charge < -0.3 is 15.3 Å². The number of carboxylic acid groups (broad SMARTS) is 1. The molecule has 0 radical (unpaired) electrons. The lowest BCUT2D eigenvalue weighted by atomic mass is 9.70. The number of carbonyl (C=O) groups excluding carboxylic acids is 1. The third-order valence-electron chi connectivity index (χ3n) is 3.49. The fourth-order valence-electron chi connectivity index (χ4n) is 1.99. The number of rotatable bonds is 6. The molecule has 0 bridgehead atoms. The first-order valence-electron chi connectivity index (χ1n) is 6.21. The number of nitrogens with zero attached hydrogens (tertiary/aromatic N) is 1. The molecular formula is C12H22N2O3. The van der Waals surface area contributed by atoms with Crippen molar-refractivity contribution in [2.24, 2.45) is 5.41 Å². The molecule has 0 spiro atoms. The zero-order valence-electron chi connectivity index (χ0n) is 10.7. The summed E-state index contributed by atoms with van der Waals surface area (Å²) in [5, 5.41) is 11.5. The minimum Gasteiger partial charge on any atom is -0.481 e. The number of amides is 2. The fourth-order valence-corrected chi connectivity index (χ4v) is 1.99. The second-order valence-corrected chi connectivity index (χ2v) is 5.05. The zero-order valence-corrected chi connectivity index (χ0v) is 10.7. The molecule has 98 valence electrons. The molecule has 1 aliphatic rings. The Morgan fingerprint density at radius 2 is 2.06 bits per heavy atom. The van der Waals surface area contributed by atoms with Gasteiger partial charge in [0.25, 0.3) is 0 Å². The van der Waals surface area contributed by atoms with Gasteiger partial charge in [-0.25, -0.2) is 4.79 Å².